The van der Waals surface area contributed by atoms with Crippen molar-refractivity contribution in [1.82, 2.24) is 15.3 Å². The van der Waals surface area contributed by atoms with E-state index in [1.165, 1.54) is 7.05 Å². The van der Waals surface area contributed by atoms with E-state index in [0.29, 0.717) is 35.9 Å². The van der Waals surface area contributed by atoms with E-state index in [1.54, 1.807) is 24.4 Å². The number of ketones is 1. The van der Waals surface area contributed by atoms with E-state index in [0.717, 1.165) is 24.2 Å². The summed E-state index contributed by atoms with van der Waals surface area (Å²) in [5.41, 5.74) is 1.16. The molecule has 4 rings (SSSR count). The van der Waals surface area contributed by atoms with Crippen LogP contribution in [0, 0.1) is 0 Å². The van der Waals surface area contributed by atoms with Crippen molar-refractivity contribution in [2.75, 3.05) is 43.6 Å². The topological polar surface area (TPSA) is 96.5 Å². The zero-order valence-electron chi connectivity index (χ0n) is 16.0. The molecule has 1 aliphatic rings. The van der Waals surface area contributed by atoms with Crippen molar-refractivity contribution in [2.24, 2.45) is 0 Å². The SMILES string of the molecule is CNC(=O)C(=O)c1ccc(Nc2ccnc(N3CCOCC3)n2)c2ccccc12. The minimum Gasteiger partial charge on any atom is -0.378 e. The molecule has 0 bridgehead atoms. The van der Waals surface area contributed by atoms with Crippen LogP contribution in [-0.4, -0.2) is 55.0 Å². The summed E-state index contributed by atoms with van der Waals surface area (Å²) in [6.07, 6.45) is 1.71. The van der Waals surface area contributed by atoms with Gasteiger partial charge in [0.2, 0.25) is 5.95 Å². The molecule has 3 aromatic rings. The third-order valence-corrected chi connectivity index (χ3v) is 4.80. The lowest BCUT2D eigenvalue weighted by molar-refractivity contribution is -0.116. The molecule has 2 aromatic carbocycles. The molecule has 8 heteroatoms. The van der Waals surface area contributed by atoms with Crippen LogP contribution >= 0.6 is 0 Å². The average molecular weight is 391 g/mol. The highest BCUT2D eigenvalue weighted by Gasteiger charge is 2.19. The molecule has 2 N–H and O–H groups in total. The highest BCUT2D eigenvalue weighted by atomic mass is 16.5. The summed E-state index contributed by atoms with van der Waals surface area (Å²) in [6.45, 7) is 2.82. The second-order valence-corrected chi connectivity index (χ2v) is 6.58. The second kappa shape index (κ2) is 8.24. The number of nitrogens with zero attached hydrogens (tertiary/aromatic N) is 3. The maximum Gasteiger partial charge on any atom is 0.292 e. The first-order valence-electron chi connectivity index (χ1n) is 9.38. The van der Waals surface area contributed by atoms with E-state index in [4.69, 9.17) is 4.74 Å². The summed E-state index contributed by atoms with van der Waals surface area (Å²) in [4.78, 5) is 35.3. The molecular weight excluding hydrogens is 370 g/mol. The van der Waals surface area contributed by atoms with Crippen LogP contribution in [0.15, 0.2) is 48.7 Å². The summed E-state index contributed by atoms with van der Waals surface area (Å²) in [7, 11) is 1.44. The molecule has 2 heterocycles. The molecule has 0 aliphatic carbocycles. The Morgan fingerprint density at radius 3 is 2.55 bits per heavy atom. The van der Waals surface area contributed by atoms with Gasteiger partial charge in [-0.15, -0.1) is 0 Å². The van der Waals surface area contributed by atoms with Gasteiger partial charge in [0, 0.05) is 43.0 Å². The number of ether oxygens (including phenoxy) is 1. The zero-order chi connectivity index (χ0) is 20.2. The Balaban J connectivity index is 1.67. The second-order valence-electron chi connectivity index (χ2n) is 6.58. The molecule has 0 unspecified atom stereocenters. The quantitative estimate of drug-likeness (QED) is 0.508. The van der Waals surface area contributed by atoms with Gasteiger partial charge in [0.05, 0.1) is 13.2 Å². The van der Waals surface area contributed by atoms with Gasteiger partial charge in [0.1, 0.15) is 5.82 Å². The highest BCUT2D eigenvalue weighted by molar-refractivity contribution is 6.45. The van der Waals surface area contributed by atoms with Crippen molar-refractivity contribution in [3.8, 4) is 0 Å². The first kappa shape index (κ1) is 18.8. The number of aromatic nitrogens is 2. The van der Waals surface area contributed by atoms with Crippen molar-refractivity contribution >= 4 is 39.9 Å². The molecule has 1 aliphatic heterocycles. The van der Waals surface area contributed by atoms with Crippen LogP contribution in [0.4, 0.5) is 17.5 Å². The van der Waals surface area contributed by atoms with Crippen molar-refractivity contribution in [2.45, 2.75) is 0 Å². The van der Waals surface area contributed by atoms with E-state index in [9.17, 15) is 9.59 Å². The number of fused-ring (bicyclic) bond motifs is 1. The fourth-order valence-electron chi connectivity index (χ4n) is 3.31. The molecule has 8 nitrogen and oxygen atoms in total. The van der Waals surface area contributed by atoms with Crippen LogP contribution in [0.3, 0.4) is 0 Å². The zero-order valence-corrected chi connectivity index (χ0v) is 16.0. The lowest BCUT2D eigenvalue weighted by Crippen LogP contribution is -2.37. The normalized spacial score (nSPS) is 13.9. The summed E-state index contributed by atoms with van der Waals surface area (Å²) in [5.74, 6) is 0.0970. The van der Waals surface area contributed by atoms with Crippen LogP contribution in [0.1, 0.15) is 10.4 Å². The maximum absolute atomic E-state index is 12.4. The van der Waals surface area contributed by atoms with Gasteiger partial charge in [-0.1, -0.05) is 24.3 Å². The minimum atomic E-state index is -0.637. The molecular formula is C21H21N5O3. The number of morpholine rings is 1. The van der Waals surface area contributed by atoms with Gasteiger partial charge in [0.25, 0.3) is 11.7 Å². The van der Waals surface area contributed by atoms with Crippen molar-refractivity contribution in [3.63, 3.8) is 0 Å². The molecule has 1 fully saturated rings. The largest absolute Gasteiger partial charge is 0.378 e. The minimum absolute atomic E-state index is 0.363. The standard InChI is InChI=1S/C21H21N5O3/c1-22-20(28)19(27)16-6-7-17(15-5-3-2-4-14(15)16)24-18-8-9-23-21(25-18)26-10-12-29-13-11-26/h2-9H,10-13H2,1H3,(H,22,28)(H,23,24,25). The van der Waals surface area contributed by atoms with Crippen molar-refractivity contribution in [1.29, 1.82) is 0 Å². The molecule has 1 amide bonds. The van der Waals surface area contributed by atoms with Crippen LogP contribution in [0.25, 0.3) is 10.8 Å². The number of Topliss-reactive ketones (excluding diaryl/α,β-unsaturated/α-hetero) is 1. The van der Waals surface area contributed by atoms with Gasteiger partial charge < -0.3 is 20.3 Å². The van der Waals surface area contributed by atoms with Gasteiger partial charge in [-0.3, -0.25) is 9.59 Å². The van der Waals surface area contributed by atoms with Gasteiger partial charge in [-0.05, 0) is 23.6 Å². The third kappa shape index (κ3) is 3.88. The van der Waals surface area contributed by atoms with Crippen LogP contribution in [-0.2, 0) is 9.53 Å². The lowest BCUT2D eigenvalue weighted by Gasteiger charge is -2.26. The molecule has 0 atom stereocenters. The van der Waals surface area contributed by atoms with Gasteiger partial charge in [-0.2, -0.15) is 4.98 Å². The molecule has 0 spiro atoms. The number of amides is 1. The lowest BCUT2D eigenvalue weighted by atomic mass is 9.99. The van der Waals surface area contributed by atoms with E-state index >= 15 is 0 Å². The number of nitrogens with one attached hydrogen (secondary N) is 2. The summed E-state index contributed by atoms with van der Waals surface area (Å²) in [5, 5.41) is 7.23. The number of hydrogen-bond donors (Lipinski definition) is 2. The number of anilines is 3. The predicted octanol–water partition coefficient (Wildman–Crippen LogP) is 2.14. The number of hydrogen-bond acceptors (Lipinski definition) is 7. The Kier molecular flexibility index (Phi) is 5.35. The van der Waals surface area contributed by atoms with Gasteiger partial charge in [-0.25, -0.2) is 4.98 Å². The fraction of sp³-hybridized carbons (Fsp3) is 0.238. The molecule has 29 heavy (non-hydrogen) atoms. The van der Waals surface area contributed by atoms with Crippen LogP contribution < -0.4 is 15.5 Å². The Morgan fingerprint density at radius 1 is 1.03 bits per heavy atom. The third-order valence-electron chi connectivity index (χ3n) is 4.80. The molecule has 1 saturated heterocycles. The number of carbonyl (C=O) groups is 2. The number of rotatable bonds is 5. The maximum atomic E-state index is 12.4. The van der Waals surface area contributed by atoms with Crippen LogP contribution in [0.2, 0.25) is 0 Å². The molecule has 0 radical (unpaired) electrons. The molecule has 1 aromatic heterocycles. The van der Waals surface area contributed by atoms with E-state index in [1.807, 2.05) is 24.3 Å². The summed E-state index contributed by atoms with van der Waals surface area (Å²) < 4.78 is 5.38. The van der Waals surface area contributed by atoms with Crippen molar-refractivity contribution < 1.29 is 14.3 Å². The first-order valence-corrected chi connectivity index (χ1v) is 9.38. The number of likely N-dealkylation sites (N-methyl/N-ethyl adjacent to an activating group) is 1. The number of benzene rings is 2. The Hall–Kier alpha value is -3.52. The van der Waals surface area contributed by atoms with Gasteiger partial charge in [0.15, 0.2) is 0 Å². The highest BCUT2D eigenvalue weighted by Crippen LogP contribution is 2.29. The monoisotopic (exact) mass is 391 g/mol. The Morgan fingerprint density at radius 2 is 1.79 bits per heavy atom. The first-order chi connectivity index (χ1) is 14.2. The van der Waals surface area contributed by atoms with E-state index in [-0.39, 0.29) is 0 Å². The Labute approximate surface area is 167 Å². The van der Waals surface area contributed by atoms with Crippen molar-refractivity contribution in [3.05, 3.63) is 54.2 Å². The Bertz CT molecular complexity index is 1060. The van der Waals surface area contributed by atoms with E-state index in [2.05, 4.69) is 25.5 Å². The fourth-order valence-corrected chi connectivity index (χ4v) is 3.31. The molecule has 0 saturated carbocycles. The predicted molar refractivity (Wildman–Crippen MR) is 111 cm³/mol. The summed E-state index contributed by atoms with van der Waals surface area (Å²) in [6, 6.07) is 12.7. The average Bonchev–Trinajstić information content (AvgIpc) is 2.79. The number of carbonyl (C=O) groups excluding carboxylic acids is 2. The van der Waals surface area contributed by atoms with E-state index < -0.39 is 11.7 Å². The molecule has 148 valence electrons. The van der Waals surface area contributed by atoms with Crippen LogP contribution in [0.5, 0.6) is 0 Å². The van der Waals surface area contributed by atoms with Gasteiger partial charge >= 0.3 is 0 Å². The smallest absolute Gasteiger partial charge is 0.292 e. The summed E-state index contributed by atoms with van der Waals surface area (Å²) >= 11 is 0.